The lowest BCUT2D eigenvalue weighted by Crippen LogP contribution is -2.62. The summed E-state index contributed by atoms with van der Waals surface area (Å²) in [5, 5.41) is 17.8. The van der Waals surface area contributed by atoms with E-state index in [9.17, 15) is 19.6 Å². The maximum Gasteiger partial charge on any atom is 0.324 e. The number of methoxy groups -OCH3 is 1. The Morgan fingerprint density at radius 1 is 1.12 bits per heavy atom. The van der Waals surface area contributed by atoms with Gasteiger partial charge in [-0.25, -0.2) is 10.4 Å². The number of piperazine rings is 1. The van der Waals surface area contributed by atoms with E-state index in [1.165, 1.54) is 16.3 Å². The van der Waals surface area contributed by atoms with Crippen LogP contribution in [-0.4, -0.2) is 139 Å². The van der Waals surface area contributed by atoms with Crippen LogP contribution >= 0.6 is 11.3 Å². The summed E-state index contributed by atoms with van der Waals surface area (Å²) in [6, 6.07) is 8.52. The lowest BCUT2D eigenvalue weighted by atomic mass is 9.84. The maximum atomic E-state index is 14.8. The molecule has 0 saturated carbocycles. The second-order valence-electron chi connectivity index (χ2n) is 19.5. The topological polar surface area (TPSA) is 186 Å². The van der Waals surface area contributed by atoms with Crippen molar-refractivity contribution in [2.75, 3.05) is 78.2 Å². The molecular weight excluding hydrogens is 887 g/mol. The van der Waals surface area contributed by atoms with E-state index in [1.807, 2.05) is 39.3 Å². The van der Waals surface area contributed by atoms with Gasteiger partial charge in [0.1, 0.15) is 29.3 Å². The number of amides is 2. The molecule has 2 amide bonds. The number of thiazole rings is 1. The van der Waals surface area contributed by atoms with E-state index >= 15 is 0 Å². The Labute approximate surface area is 403 Å². The normalized spacial score (nSPS) is 24.2. The van der Waals surface area contributed by atoms with Gasteiger partial charge in [-0.3, -0.25) is 24.4 Å². The summed E-state index contributed by atoms with van der Waals surface area (Å²) in [6.07, 6.45) is 2.80. The molecule has 4 aliphatic heterocycles. The molecule has 2 N–H and O–H groups in total. The number of fused-ring (bicyclic) bond motifs is 6. The fourth-order valence-electron chi connectivity index (χ4n) is 9.71. The molecule has 3 fully saturated rings. The Kier molecular flexibility index (Phi) is 15.2. The molecule has 7 heterocycles. The van der Waals surface area contributed by atoms with Gasteiger partial charge in [0, 0.05) is 98.8 Å². The first-order chi connectivity index (χ1) is 32.7. The van der Waals surface area contributed by atoms with E-state index in [0.29, 0.717) is 49.5 Å². The minimum atomic E-state index is -1.75. The summed E-state index contributed by atoms with van der Waals surface area (Å²) < 4.78 is 32.9. The highest BCUT2D eigenvalue weighted by atomic mass is 32.1. The number of aromatic nitrogens is 3. The van der Waals surface area contributed by atoms with Crippen LogP contribution in [0.3, 0.4) is 0 Å². The number of hydrogen-bond donors (Lipinski definition) is 2. The highest BCUT2D eigenvalue weighted by molar-refractivity contribution is 7.10. The molecule has 8 rings (SSSR count). The van der Waals surface area contributed by atoms with Crippen molar-refractivity contribution in [1.82, 2.24) is 35.2 Å². The SMILES string of the molecule is CCO[C@@H]1c2nc(cs2)-c2ccc3c(c2)c(c(-c2cc(N4CCN(C)CC4)cnc2[C@H](C)OC)n3CCOC(C)C)CC(C)(C)COC(=O)[C@@H]2CCCN(N2)C(=O)[C@H]1NC(=O)C1(C#N)CCCO1. The largest absolute Gasteiger partial charge is 0.464 e. The Bertz CT molecular complexity index is 2500. The van der Waals surface area contributed by atoms with Crippen molar-refractivity contribution in [3.05, 3.63) is 52.1 Å². The summed E-state index contributed by atoms with van der Waals surface area (Å²) in [7, 11) is 3.86. The van der Waals surface area contributed by atoms with Crippen molar-refractivity contribution in [2.45, 2.75) is 116 Å². The number of cyclic esters (lactones) is 1. The molecule has 366 valence electrons. The third-order valence-electron chi connectivity index (χ3n) is 13.5. The molecule has 68 heavy (non-hydrogen) atoms. The van der Waals surface area contributed by atoms with Crippen molar-refractivity contribution in [3.63, 3.8) is 0 Å². The molecule has 1 aromatic carbocycles. The molecule has 18 heteroatoms. The summed E-state index contributed by atoms with van der Waals surface area (Å²) >= 11 is 1.33. The van der Waals surface area contributed by atoms with E-state index in [2.05, 4.69) is 76.3 Å². The number of carbonyl (C=O) groups is 3. The first-order valence-electron chi connectivity index (χ1n) is 24.1. The molecule has 6 bridgehead atoms. The smallest absolute Gasteiger partial charge is 0.324 e. The van der Waals surface area contributed by atoms with Crippen LogP contribution in [0.5, 0.6) is 0 Å². The number of anilines is 1. The van der Waals surface area contributed by atoms with Crippen LogP contribution < -0.4 is 15.6 Å². The number of ether oxygens (including phenoxy) is 5. The van der Waals surface area contributed by atoms with E-state index < -0.39 is 47.0 Å². The molecule has 5 atom stereocenters. The standard InChI is InChI=1S/C50H67N9O8S/c1-9-64-44-42(54-48(62)50(29-51)15-11-22-67-50)46(60)59-16-10-12-38(55-59)47(61)66-30-49(5,6)26-37-35-24-33(39-28-68-45(44)53-39)13-14-40(35)58(21-23-65-31(2)3)43(37)36-25-34(27-52-41(36)32(4)63-8)57-19-17-56(7)18-20-57/h13-14,24-25,27-28,31-32,38,42,44,55H,9-12,15-23,26,30H2,1-8H3,(H,54,62)/t32-,38-,42-,44-,50?/m0/s1. The van der Waals surface area contributed by atoms with Gasteiger partial charge in [0.05, 0.1) is 54.4 Å². The van der Waals surface area contributed by atoms with E-state index in [4.69, 9.17) is 33.7 Å². The molecule has 1 unspecified atom stereocenters. The number of nitrogens with one attached hydrogen (secondary N) is 2. The van der Waals surface area contributed by atoms with Gasteiger partial charge in [0.15, 0.2) is 0 Å². The number of pyridine rings is 1. The van der Waals surface area contributed by atoms with Crippen LogP contribution in [0, 0.1) is 16.7 Å². The van der Waals surface area contributed by atoms with E-state index in [0.717, 1.165) is 70.8 Å². The van der Waals surface area contributed by atoms with Crippen LogP contribution in [0.15, 0.2) is 35.8 Å². The number of benzene rings is 1. The molecule has 4 aliphatic rings. The van der Waals surface area contributed by atoms with Crippen LogP contribution in [0.4, 0.5) is 5.69 Å². The molecule has 0 radical (unpaired) electrons. The number of nitrogens with zero attached hydrogens (tertiary/aromatic N) is 7. The minimum Gasteiger partial charge on any atom is -0.464 e. The monoisotopic (exact) mass is 953 g/mol. The Morgan fingerprint density at radius 3 is 2.62 bits per heavy atom. The third kappa shape index (κ3) is 10.3. The second kappa shape index (κ2) is 20.9. The zero-order valence-electron chi connectivity index (χ0n) is 40.8. The first-order valence-corrected chi connectivity index (χ1v) is 24.9. The zero-order valence-corrected chi connectivity index (χ0v) is 41.6. The predicted molar refractivity (Wildman–Crippen MR) is 259 cm³/mol. The average molecular weight is 954 g/mol. The zero-order chi connectivity index (χ0) is 48.3. The van der Waals surface area contributed by atoms with Crippen molar-refractivity contribution in [2.24, 2.45) is 5.41 Å². The van der Waals surface area contributed by atoms with Gasteiger partial charge in [-0.2, -0.15) is 5.26 Å². The number of hydrogen-bond acceptors (Lipinski definition) is 15. The molecular formula is C50H67N9O8S. The van der Waals surface area contributed by atoms with Crippen molar-refractivity contribution in [1.29, 1.82) is 5.26 Å². The number of esters is 1. The molecule has 0 spiro atoms. The number of nitriles is 1. The highest BCUT2D eigenvalue weighted by Gasteiger charge is 2.48. The maximum absolute atomic E-state index is 14.8. The van der Waals surface area contributed by atoms with Crippen molar-refractivity contribution >= 4 is 45.7 Å². The van der Waals surface area contributed by atoms with Gasteiger partial charge in [0.2, 0.25) is 5.60 Å². The summed E-state index contributed by atoms with van der Waals surface area (Å²) in [5.74, 6) is -1.74. The molecule has 17 nitrogen and oxygen atoms in total. The molecule has 3 saturated heterocycles. The van der Waals surface area contributed by atoms with Gasteiger partial charge < -0.3 is 43.4 Å². The fourth-order valence-corrected chi connectivity index (χ4v) is 10.6. The lowest BCUT2D eigenvalue weighted by Gasteiger charge is -2.37. The van der Waals surface area contributed by atoms with Gasteiger partial charge in [-0.1, -0.05) is 19.9 Å². The van der Waals surface area contributed by atoms with Gasteiger partial charge in [-0.15, -0.1) is 11.3 Å². The summed E-state index contributed by atoms with van der Waals surface area (Å²) in [6.45, 7) is 17.6. The van der Waals surface area contributed by atoms with Crippen LogP contribution in [0.25, 0.3) is 33.4 Å². The van der Waals surface area contributed by atoms with Gasteiger partial charge in [-0.05, 0) is 84.2 Å². The molecule has 0 aliphatic carbocycles. The number of likely N-dealkylation sites (N-methyl/N-ethyl adjacent to an activating group) is 1. The second-order valence-corrected chi connectivity index (χ2v) is 20.4. The summed E-state index contributed by atoms with van der Waals surface area (Å²) in [4.78, 5) is 58.0. The van der Waals surface area contributed by atoms with E-state index in [-0.39, 0.29) is 45.0 Å². The predicted octanol–water partition coefficient (Wildman–Crippen LogP) is 5.97. The minimum absolute atomic E-state index is 0.0270. The molecule has 4 aromatic rings. The van der Waals surface area contributed by atoms with Gasteiger partial charge in [0.25, 0.3) is 11.8 Å². The molecule has 3 aromatic heterocycles. The lowest BCUT2D eigenvalue weighted by molar-refractivity contribution is -0.157. The quantitative estimate of drug-likeness (QED) is 0.158. The van der Waals surface area contributed by atoms with Crippen LogP contribution in [-0.2, 0) is 51.0 Å². The van der Waals surface area contributed by atoms with Crippen molar-refractivity contribution < 1.29 is 38.1 Å². The third-order valence-corrected chi connectivity index (χ3v) is 14.4. The Balaban J connectivity index is 1.32. The first kappa shape index (κ1) is 49.4. The Morgan fingerprint density at radius 2 is 1.91 bits per heavy atom. The van der Waals surface area contributed by atoms with Crippen LogP contribution in [0.1, 0.15) is 95.7 Å². The van der Waals surface area contributed by atoms with E-state index in [1.54, 1.807) is 7.11 Å². The van der Waals surface area contributed by atoms with Crippen molar-refractivity contribution in [3.8, 4) is 28.6 Å². The number of hydrazine groups is 1. The fraction of sp³-hybridized carbons (Fsp3) is 0.600. The average Bonchev–Trinajstić information content (AvgIpc) is 4.10. The number of rotatable bonds is 12. The van der Waals surface area contributed by atoms with Gasteiger partial charge >= 0.3 is 5.97 Å². The Hall–Kier alpha value is -5.00. The van der Waals surface area contributed by atoms with Crippen LogP contribution in [0.2, 0.25) is 0 Å². The number of carbonyl (C=O) groups excluding carboxylic acids is 3. The highest BCUT2D eigenvalue weighted by Crippen LogP contribution is 2.43. The summed E-state index contributed by atoms with van der Waals surface area (Å²) in [5.41, 5.74) is 8.19.